The number of anilines is 1. The van der Waals surface area contributed by atoms with Crippen molar-refractivity contribution in [3.05, 3.63) is 22.9 Å². The molecule has 3 heterocycles. The van der Waals surface area contributed by atoms with Gasteiger partial charge in [0.1, 0.15) is 5.82 Å². The molecule has 2 fully saturated rings. The van der Waals surface area contributed by atoms with Gasteiger partial charge in [-0.25, -0.2) is 4.98 Å². The van der Waals surface area contributed by atoms with Gasteiger partial charge in [0, 0.05) is 36.4 Å². The van der Waals surface area contributed by atoms with Gasteiger partial charge < -0.3 is 4.90 Å². The number of aryl methyl sites for hydroxylation is 2. The first-order chi connectivity index (χ1) is 10.1. The van der Waals surface area contributed by atoms with Crippen LogP contribution in [0.2, 0.25) is 0 Å². The third kappa shape index (κ3) is 2.91. The monoisotopic (exact) mass is 307 g/mol. The molecular weight excluding hydrogens is 282 g/mol. The highest BCUT2D eigenvalue weighted by molar-refractivity contribution is 6.17. The van der Waals surface area contributed by atoms with Crippen LogP contribution in [0.1, 0.15) is 43.0 Å². The molecule has 21 heavy (non-hydrogen) atoms. The van der Waals surface area contributed by atoms with Crippen LogP contribution < -0.4 is 4.90 Å². The van der Waals surface area contributed by atoms with Gasteiger partial charge in [-0.3, -0.25) is 4.90 Å². The Kier molecular flexibility index (Phi) is 4.41. The minimum atomic E-state index is 0.509. The van der Waals surface area contributed by atoms with Crippen molar-refractivity contribution < 1.29 is 0 Å². The van der Waals surface area contributed by atoms with Gasteiger partial charge in [0.15, 0.2) is 0 Å². The van der Waals surface area contributed by atoms with E-state index in [4.69, 9.17) is 16.6 Å². The van der Waals surface area contributed by atoms with E-state index in [1.165, 1.54) is 36.9 Å². The lowest BCUT2D eigenvalue weighted by molar-refractivity contribution is 0.115. The van der Waals surface area contributed by atoms with Crippen LogP contribution in [0.5, 0.6) is 0 Å². The van der Waals surface area contributed by atoms with Crippen LogP contribution in [0, 0.1) is 13.8 Å². The number of piperidine rings is 1. The van der Waals surface area contributed by atoms with Crippen LogP contribution in [0.25, 0.3) is 0 Å². The third-order valence-electron chi connectivity index (χ3n) is 5.05. The summed E-state index contributed by atoms with van der Waals surface area (Å²) in [6, 6.07) is 3.35. The van der Waals surface area contributed by atoms with Gasteiger partial charge >= 0.3 is 0 Å². The quantitative estimate of drug-likeness (QED) is 0.780. The van der Waals surface area contributed by atoms with Crippen LogP contribution in [-0.4, -0.2) is 41.6 Å². The van der Waals surface area contributed by atoms with Gasteiger partial charge in [-0.05, 0) is 51.8 Å². The van der Waals surface area contributed by atoms with E-state index < -0.39 is 0 Å². The number of piperazine rings is 1. The van der Waals surface area contributed by atoms with Gasteiger partial charge in [0.05, 0.1) is 5.88 Å². The molecule has 0 N–H and O–H groups in total. The molecule has 0 radical (unpaired) electrons. The third-order valence-corrected chi connectivity index (χ3v) is 5.31. The molecule has 0 bridgehead atoms. The molecule has 1 aromatic heterocycles. The average molecular weight is 308 g/mol. The highest BCUT2D eigenvalue weighted by Gasteiger charge is 2.34. The van der Waals surface area contributed by atoms with Gasteiger partial charge in [0.25, 0.3) is 0 Å². The Bertz CT molecular complexity index is 517. The summed E-state index contributed by atoms with van der Waals surface area (Å²) in [6.45, 7) is 10.1. The van der Waals surface area contributed by atoms with E-state index in [2.05, 4.69) is 36.6 Å². The molecule has 2 aliphatic rings. The summed E-state index contributed by atoms with van der Waals surface area (Å²) >= 11 is 6.22. The van der Waals surface area contributed by atoms with Gasteiger partial charge in [0.2, 0.25) is 0 Å². The maximum absolute atomic E-state index is 6.22. The zero-order valence-corrected chi connectivity index (χ0v) is 14.2. The maximum atomic E-state index is 6.22. The SMILES string of the molecule is Cc1cc(C)c(CCl)c(N2CC3CCCCN3CC2C)n1. The molecule has 2 saturated heterocycles. The second-order valence-corrected chi connectivity index (χ2v) is 6.93. The van der Waals surface area contributed by atoms with Crippen molar-refractivity contribution in [1.29, 1.82) is 0 Å². The number of fused-ring (bicyclic) bond motifs is 1. The summed E-state index contributed by atoms with van der Waals surface area (Å²) in [4.78, 5) is 10.0. The molecular formula is C17H26ClN3. The maximum Gasteiger partial charge on any atom is 0.133 e. The van der Waals surface area contributed by atoms with Crippen molar-refractivity contribution in [3.63, 3.8) is 0 Å². The molecule has 2 atom stereocenters. The Morgan fingerprint density at radius 2 is 2.10 bits per heavy atom. The summed E-state index contributed by atoms with van der Waals surface area (Å²) in [7, 11) is 0. The number of nitrogens with zero attached hydrogens (tertiary/aromatic N) is 3. The Morgan fingerprint density at radius 1 is 1.29 bits per heavy atom. The lowest BCUT2D eigenvalue weighted by Gasteiger charge is -2.48. The van der Waals surface area contributed by atoms with Gasteiger partial charge in [-0.15, -0.1) is 11.6 Å². The summed E-state index contributed by atoms with van der Waals surface area (Å²) in [6.07, 6.45) is 4.05. The van der Waals surface area contributed by atoms with Gasteiger partial charge in [-0.2, -0.15) is 0 Å². The first-order valence-electron chi connectivity index (χ1n) is 8.14. The smallest absolute Gasteiger partial charge is 0.133 e. The van der Waals surface area contributed by atoms with E-state index in [1.54, 1.807) is 0 Å². The number of hydrogen-bond acceptors (Lipinski definition) is 3. The van der Waals surface area contributed by atoms with Crippen molar-refractivity contribution in [1.82, 2.24) is 9.88 Å². The summed E-state index contributed by atoms with van der Waals surface area (Å²) in [5.74, 6) is 1.67. The molecule has 0 aromatic carbocycles. The van der Waals surface area contributed by atoms with Gasteiger partial charge in [-0.1, -0.05) is 6.42 Å². The molecule has 3 rings (SSSR count). The first-order valence-corrected chi connectivity index (χ1v) is 8.67. The van der Waals surface area contributed by atoms with E-state index in [1.807, 2.05) is 0 Å². The van der Waals surface area contributed by atoms with E-state index in [0.717, 1.165) is 24.6 Å². The highest BCUT2D eigenvalue weighted by atomic mass is 35.5. The standard InChI is InChI=1S/C17H26ClN3/c1-12-8-13(2)19-17(16(12)9-18)21-11-15-6-4-5-7-20(15)10-14(21)3/h8,14-15H,4-7,9-11H2,1-3H3. The van der Waals surface area contributed by atoms with Crippen LogP contribution in [-0.2, 0) is 5.88 Å². The molecule has 4 heteroatoms. The summed E-state index contributed by atoms with van der Waals surface area (Å²) < 4.78 is 0. The first kappa shape index (κ1) is 15.1. The number of hydrogen-bond donors (Lipinski definition) is 0. The number of halogens is 1. The fourth-order valence-electron chi connectivity index (χ4n) is 3.89. The minimum absolute atomic E-state index is 0.509. The number of aromatic nitrogens is 1. The Hall–Kier alpha value is -0.800. The lowest BCUT2D eigenvalue weighted by Crippen LogP contribution is -2.59. The number of rotatable bonds is 2. The predicted molar refractivity (Wildman–Crippen MR) is 89.3 cm³/mol. The average Bonchev–Trinajstić information content (AvgIpc) is 2.45. The Morgan fingerprint density at radius 3 is 2.86 bits per heavy atom. The molecule has 2 unspecified atom stereocenters. The van der Waals surface area contributed by atoms with Crippen molar-refractivity contribution in [2.24, 2.45) is 0 Å². The largest absolute Gasteiger partial charge is 0.351 e. The highest BCUT2D eigenvalue weighted by Crippen LogP contribution is 2.31. The Balaban J connectivity index is 1.92. The van der Waals surface area contributed by atoms with Crippen molar-refractivity contribution in [3.8, 4) is 0 Å². The zero-order valence-electron chi connectivity index (χ0n) is 13.4. The van der Waals surface area contributed by atoms with E-state index in [9.17, 15) is 0 Å². The molecule has 3 nitrogen and oxygen atoms in total. The van der Waals surface area contributed by atoms with E-state index >= 15 is 0 Å². The summed E-state index contributed by atoms with van der Waals surface area (Å²) in [5.41, 5.74) is 3.57. The molecule has 1 aromatic rings. The normalized spacial score (nSPS) is 26.8. The number of alkyl halides is 1. The van der Waals surface area contributed by atoms with E-state index in [0.29, 0.717) is 18.0 Å². The fourth-order valence-corrected chi connectivity index (χ4v) is 4.22. The fraction of sp³-hybridized carbons (Fsp3) is 0.706. The number of pyridine rings is 1. The lowest BCUT2D eigenvalue weighted by atomic mass is 9.96. The van der Waals surface area contributed by atoms with Crippen molar-refractivity contribution in [2.75, 3.05) is 24.5 Å². The molecule has 116 valence electrons. The second-order valence-electron chi connectivity index (χ2n) is 6.66. The summed E-state index contributed by atoms with van der Waals surface area (Å²) in [5, 5.41) is 0. The van der Waals surface area contributed by atoms with Crippen LogP contribution in [0.15, 0.2) is 6.07 Å². The Labute approximate surface area is 133 Å². The predicted octanol–water partition coefficient (Wildman–Crippen LogP) is 3.50. The van der Waals surface area contributed by atoms with Crippen molar-refractivity contribution in [2.45, 2.75) is 58.0 Å². The van der Waals surface area contributed by atoms with Crippen LogP contribution >= 0.6 is 11.6 Å². The molecule has 2 aliphatic heterocycles. The topological polar surface area (TPSA) is 19.4 Å². The molecule has 0 spiro atoms. The molecule has 0 amide bonds. The van der Waals surface area contributed by atoms with Crippen molar-refractivity contribution >= 4 is 17.4 Å². The van der Waals surface area contributed by atoms with Crippen LogP contribution in [0.3, 0.4) is 0 Å². The minimum Gasteiger partial charge on any atom is -0.351 e. The molecule has 0 saturated carbocycles. The van der Waals surface area contributed by atoms with E-state index in [-0.39, 0.29) is 0 Å². The zero-order chi connectivity index (χ0) is 15.0. The molecule has 0 aliphatic carbocycles. The second kappa shape index (κ2) is 6.13. The van der Waals surface area contributed by atoms with Crippen LogP contribution in [0.4, 0.5) is 5.82 Å².